The van der Waals surface area contributed by atoms with Crippen LogP contribution in [0.5, 0.6) is 0 Å². The molecule has 7 nitrogen and oxygen atoms in total. The van der Waals surface area contributed by atoms with Crippen LogP contribution in [0.25, 0.3) is 11.3 Å². The molecule has 5 N–H and O–H groups in total. The van der Waals surface area contributed by atoms with Crippen molar-refractivity contribution in [2.45, 2.75) is 43.9 Å². The molecular formula is C25H24F3N5O2. The van der Waals surface area contributed by atoms with Crippen LogP contribution in [0.3, 0.4) is 0 Å². The minimum Gasteiger partial charge on any atom is -0.397 e. The van der Waals surface area contributed by atoms with Crippen molar-refractivity contribution in [1.82, 2.24) is 9.97 Å². The Morgan fingerprint density at radius 1 is 1.11 bits per heavy atom. The quantitative estimate of drug-likeness (QED) is 0.508. The Hall–Kier alpha value is -3.50. The topological polar surface area (TPSA) is 116 Å². The zero-order chi connectivity index (χ0) is 24.7. The summed E-state index contributed by atoms with van der Waals surface area (Å²) in [6.45, 7) is 0. The first-order valence-corrected chi connectivity index (χ1v) is 11.4. The van der Waals surface area contributed by atoms with E-state index in [0.29, 0.717) is 23.6 Å². The Labute approximate surface area is 199 Å². The number of carbonyl (C=O) groups is 1. The summed E-state index contributed by atoms with van der Waals surface area (Å²) in [4.78, 5) is 21.1. The second kappa shape index (κ2) is 9.27. The van der Waals surface area contributed by atoms with Crippen molar-refractivity contribution >= 4 is 17.3 Å². The van der Waals surface area contributed by atoms with Gasteiger partial charge in [-0.3, -0.25) is 9.78 Å². The van der Waals surface area contributed by atoms with Crippen LogP contribution in [0, 0.1) is 23.4 Å². The fourth-order valence-corrected chi connectivity index (χ4v) is 5.06. The average molecular weight is 483 g/mol. The molecular weight excluding hydrogens is 459 g/mol. The van der Waals surface area contributed by atoms with E-state index in [1.807, 2.05) is 0 Å². The lowest BCUT2D eigenvalue weighted by Gasteiger charge is -2.37. The Kier molecular flexibility index (Phi) is 6.16. The molecule has 0 bridgehead atoms. The van der Waals surface area contributed by atoms with Crippen LogP contribution in [-0.4, -0.2) is 28.0 Å². The van der Waals surface area contributed by atoms with Gasteiger partial charge < -0.3 is 21.5 Å². The van der Waals surface area contributed by atoms with Gasteiger partial charge in [-0.1, -0.05) is 12.5 Å². The zero-order valence-corrected chi connectivity index (χ0v) is 18.7. The van der Waals surface area contributed by atoms with E-state index in [9.17, 15) is 18.0 Å². The first-order valence-electron chi connectivity index (χ1n) is 11.4. The number of ether oxygens (including phenoxy) is 1. The number of aromatic nitrogens is 2. The molecule has 5 rings (SSSR count). The van der Waals surface area contributed by atoms with Gasteiger partial charge in [-0.2, -0.15) is 0 Å². The molecule has 4 atom stereocenters. The first kappa shape index (κ1) is 23.3. The molecule has 1 aliphatic heterocycles. The highest BCUT2D eigenvalue weighted by atomic mass is 19.1. The molecule has 1 saturated carbocycles. The summed E-state index contributed by atoms with van der Waals surface area (Å²) >= 11 is 0. The smallest absolute Gasteiger partial charge is 0.276 e. The van der Waals surface area contributed by atoms with Crippen LogP contribution >= 0.6 is 0 Å². The Balaban J connectivity index is 1.45. The van der Waals surface area contributed by atoms with E-state index >= 15 is 0 Å². The van der Waals surface area contributed by atoms with E-state index in [-0.39, 0.29) is 29.6 Å². The molecule has 3 heterocycles. The standard InChI is InChI=1S/C25H24F3N5O2/c26-14-4-2-5-15(27)22(14)23-16(28)9-18(30)24(33-23)25(34)32-19-11-31-8-7-13(19)21-10-17(29)12-3-1-6-20(12)35-21/h2,4-5,7-9,11-12,17,20-21H,1,3,6,10,29-30H2,(H,32,34)/t12-,17-,20-,21-/m1/s1. The zero-order valence-electron chi connectivity index (χ0n) is 18.7. The van der Waals surface area contributed by atoms with E-state index in [1.54, 1.807) is 12.3 Å². The van der Waals surface area contributed by atoms with Gasteiger partial charge in [-0.15, -0.1) is 0 Å². The number of amides is 1. The molecule has 10 heteroatoms. The van der Waals surface area contributed by atoms with Gasteiger partial charge in [0.2, 0.25) is 0 Å². The number of anilines is 2. The third-order valence-electron chi connectivity index (χ3n) is 6.75. The average Bonchev–Trinajstić information content (AvgIpc) is 3.30. The number of rotatable bonds is 4. The minimum atomic E-state index is -1.05. The number of carbonyl (C=O) groups excluding carboxylic acids is 1. The molecule has 35 heavy (non-hydrogen) atoms. The second-order valence-corrected chi connectivity index (χ2v) is 8.93. The largest absolute Gasteiger partial charge is 0.397 e. The number of halogens is 3. The number of fused-ring (bicyclic) bond motifs is 1. The summed E-state index contributed by atoms with van der Waals surface area (Å²) in [6.07, 6.45) is 6.39. The molecule has 0 unspecified atom stereocenters. The predicted molar refractivity (Wildman–Crippen MR) is 124 cm³/mol. The van der Waals surface area contributed by atoms with Crippen molar-refractivity contribution < 1.29 is 22.7 Å². The molecule has 2 aromatic heterocycles. The molecule has 1 aliphatic carbocycles. The van der Waals surface area contributed by atoms with Crippen molar-refractivity contribution in [2.24, 2.45) is 11.7 Å². The van der Waals surface area contributed by atoms with E-state index in [4.69, 9.17) is 16.2 Å². The summed E-state index contributed by atoms with van der Waals surface area (Å²) in [5, 5.41) is 2.69. The first-order chi connectivity index (χ1) is 16.8. The number of nitrogens with two attached hydrogens (primary N) is 2. The van der Waals surface area contributed by atoms with E-state index in [0.717, 1.165) is 43.5 Å². The molecule has 2 fully saturated rings. The number of benzene rings is 1. The normalized spacial score (nSPS) is 23.7. The fourth-order valence-electron chi connectivity index (χ4n) is 5.06. The molecule has 1 amide bonds. The van der Waals surface area contributed by atoms with Crippen molar-refractivity contribution in [3.05, 3.63) is 71.4 Å². The molecule has 1 saturated heterocycles. The molecule has 182 valence electrons. The van der Waals surface area contributed by atoms with Gasteiger partial charge in [0, 0.05) is 29.8 Å². The van der Waals surface area contributed by atoms with Gasteiger partial charge in [0.15, 0.2) is 11.5 Å². The third-order valence-corrected chi connectivity index (χ3v) is 6.75. The summed E-state index contributed by atoms with van der Waals surface area (Å²) in [5.74, 6) is -3.54. The number of nitrogens with one attached hydrogen (secondary N) is 1. The Morgan fingerprint density at radius 2 is 1.89 bits per heavy atom. The number of pyridine rings is 2. The van der Waals surface area contributed by atoms with Crippen molar-refractivity contribution in [1.29, 1.82) is 0 Å². The van der Waals surface area contributed by atoms with Crippen LogP contribution in [0.2, 0.25) is 0 Å². The van der Waals surface area contributed by atoms with Crippen LogP contribution in [-0.2, 0) is 4.74 Å². The van der Waals surface area contributed by atoms with Crippen LogP contribution < -0.4 is 16.8 Å². The van der Waals surface area contributed by atoms with Crippen LogP contribution in [0.4, 0.5) is 24.5 Å². The minimum absolute atomic E-state index is 0.0226. The Morgan fingerprint density at radius 3 is 2.66 bits per heavy atom. The fraction of sp³-hybridized carbons (Fsp3) is 0.320. The van der Waals surface area contributed by atoms with Gasteiger partial charge in [0.05, 0.1) is 35.3 Å². The van der Waals surface area contributed by atoms with Gasteiger partial charge >= 0.3 is 0 Å². The van der Waals surface area contributed by atoms with Crippen LogP contribution in [0.15, 0.2) is 42.7 Å². The maximum atomic E-state index is 14.6. The monoisotopic (exact) mass is 483 g/mol. The third kappa shape index (κ3) is 4.35. The second-order valence-electron chi connectivity index (χ2n) is 8.93. The number of nitrogen functional groups attached to an aromatic ring is 1. The molecule has 0 spiro atoms. The molecule has 2 aliphatic rings. The summed E-state index contributed by atoms with van der Waals surface area (Å²) in [6, 6.07) is 5.63. The highest BCUT2D eigenvalue weighted by Gasteiger charge is 2.40. The summed E-state index contributed by atoms with van der Waals surface area (Å²) in [5.41, 5.74) is 11.3. The highest BCUT2D eigenvalue weighted by Crippen LogP contribution is 2.43. The number of hydrogen-bond donors (Lipinski definition) is 3. The van der Waals surface area contributed by atoms with Gasteiger partial charge in [-0.25, -0.2) is 18.2 Å². The lowest BCUT2D eigenvalue weighted by atomic mass is 9.87. The van der Waals surface area contributed by atoms with Crippen molar-refractivity contribution in [2.75, 3.05) is 11.1 Å². The Bertz CT molecular complexity index is 1270. The van der Waals surface area contributed by atoms with Crippen molar-refractivity contribution in [3.63, 3.8) is 0 Å². The number of nitrogens with zero attached hydrogens (tertiary/aromatic N) is 2. The van der Waals surface area contributed by atoms with Crippen molar-refractivity contribution in [3.8, 4) is 11.3 Å². The summed E-state index contributed by atoms with van der Waals surface area (Å²) < 4.78 is 49.4. The van der Waals surface area contributed by atoms with Gasteiger partial charge in [0.25, 0.3) is 5.91 Å². The maximum Gasteiger partial charge on any atom is 0.276 e. The van der Waals surface area contributed by atoms with Crippen LogP contribution in [0.1, 0.15) is 47.8 Å². The van der Waals surface area contributed by atoms with Gasteiger partial charge in [0.1, 0.15) is 17.3 Å². The molecule has 0 radical (unpaired) electrons. The summed E-state index contributed by atoms with van der Waals surface area (Å²) in [7, 11) is 0. The van der Waals surface area contributed by atoms with E-state index in [2.05, 4.69) is 15.3 Å². The predicted octanol–water partition coefficient (Wildman–Crippen LogP) is 4.35. The highest BCUT2D eigenvalue weighted by molar-refractivity contribution is 6.06. The lowest BCUT2D eigenvalue weighted by Crippen LogP contribution is -2.43. The van der Waals surface area contributed by atoms with Gasteiger partial charge in [-0.05, 0) is 37.5 Å². The SMILES string of the molecule is Nc1cc(F)c(-c2c(F)cccc2F)nc1C(=O)Nc1cnccc1[C@H]1C[C@@H](N)[C@H]2CCC[C@H]2O1. The maximum absolute atomic E-state index is 14.6. The lowest BCUT2D eigenvalue weighted by molar-refractivity contribution is -0.0800. The number of hydrogen-bond acceptors (Lipinski definition) is 6. The molecule has 1 aromatic carbocycles. The van der Waals surface area contributed by atoms with E-state index in [1.165, 1.54) is 6.20 Å². The van der Waals surface area contributed by atoms with E-state index < -0.39 is 34.6 Å². The molecule has 3 aromatic rings.